The molecule has 0 spiro atoms. The second-order valence-corrected chi connectivity index (χ2v) is 6.86. The van der Waals surface area contributed by atoms with Gasteiger partial charge in [-0.25, -0.2) is 0 Å². The van der Waals surface area contributed by atoms with Crippen molar-refractivity contribution in [3.8, 4) is 22.8 Å². The van der Waals surface area contributed by atoms with Crippen LogP contribution >= 0.6 is 0 Å². The number of aromatic nitrogens is 2. The minimum Gasteiger partial charge on any atom is -0.493 e. The molecule has 144 valence electrons. The van der Waals surface area contributed by atoms with Gasteiger partial charge in [0.1, 0.15) is 5.69 Å². The van der Waals surface area contributed by atoms with Gasteiger partial charge >= 0.3 is 0 Å². The van der Waals surface area contributed by atoms with Gasteiger partial charge in [0.15, 0.2) is 11.5 Å². The molecule has 2 heterocycles. The van der Waals surface area contributed by atoms with Crippen molar-refractivity contribution in [3.63, 3.8) is 0 Å². The van der Waals surface area contributed by atoms with Crippen molar-refractivity contribution in [1.82, 2.24) is 14.7 Å². The van der Waals surface area contributed by atoms with E-state index in [-0.39, 0.29) is 5.91 Å². The summed E-state index contributed by atoms with van der Waals surface area (Å²) in [5, 5.41) is 4.52. The minimum atomic E-state index is -0.0161. The molecule has 0 unspecified atom stereocenters. The first kappa shape index (κ1) is 18.1. The molecule has 0 saturated heterocycles. The van der Waals surface area contributed by atoms with E-state index >= 15 is 0 Å². The number of carbonyl (C=O) groups is 1. The molecule has 6 heteroatoms. The van der Waals surface area contributed by atoms with Gasteiger partial charge < -0.3 is 14.4 Å². The van der Waals surface area contributed by atoms with Gasteiger partial charge in [-0.05, 0) is 35.7 Å². The van der Waals surface area contributed by atoms with E-state index in [9.17, 15) is 4.79 Å². The number of fused-ring (bicyclic) bond motifs is 1. The molecular formula is C22H23N3O3. The van der Waals surface area contributed by atoms with Crippen LogP contribution in [0.3, 0.4) is 0 Å². The number of ether oxygens (including phenoxy) is 2. The maximum absolute atomic E-state index is 13.2. The first-order valence-corrected chi connectivity index (χ1v) is 9.23. The van der Waals surface area contributed by atoms with Crippen LogP contribution in [0.4, 0.5) is 0 Å². The Hall–Kier alpha value is -3.28. The predicted molar refractivity (Wildman–Crippen MR) is 107 cm³/mol. The molecule has 0 radical (unpaired) electrons. The fourth-order valence-corrected chi connectivity index (χ4v) is 3.64. The Labute approximate surface area is 164 Å². The average Bonchev–Trinajstić information content (AvgIpc) is 3.14. The lowest BCUT2D eigenvalue weighted by atomic mass is 9.98. The molecule has 0 atom stereocenters. The summed E-state index contributed by atoms with van der Waals surface area (Å²) >= 11 is 0. The first-order chi connectivity index (χ1) is 13.6. The van der Waals surface area contributed by atoms with E-state index in [0.29, 0.717) is 24.5 Å². The van der Waals surface area contributed by atoms with E-state index in [0.717, 1.165) is 29.0 Å². The standard InChI is InChI=1S/C22H23N3O3/c1-24-19(13-18(23-24)15-7-5-4-6-8-15)22(26)25-10-9-16-11-20(27-2)21(28-3)12-17(16)14-25/h4-8,11-13H,9-10,14H2,1-3H3. The highest BCUT2D eigenvalue weighted by Gasteiger charge is 2.26. The lowest BCUT2D eigenvalue weighted by Crippen LogP contribution is -2.36. The van der Waals surface area contributed by atoms with Gasteiger partial charge in [-0.3, -0.25) is 9.48 Å². The average molecular weight is 377 g/mol. The third kappa shape index (κ3) is 3.22. The number of benzene rings is 2. The summed E-state index contributed by atoms with van der Waals surface area (Å²) in [5.74, 6) is 1.39. The third-order valence-corrected chi connectivity index (χ3v) is 5.17. The first-order valence-electron chi connectivity index (χ1n) is 9.23. The summed E-state index contributed by atoms with van der Waals surface area (Å²) in [6.07, 6.45) is 0.783. The highest BCUT2D eigenvalue weighted by atomic mass is 16.5. The van der Waals surface area contributed by atoms with Crippen molar-refractivity contribution < 1.29 is 14.3 Å². The number of hydrogen-bond donors (Lipinski definition) is 0. The van der Waals surface area contributed by atoms with Crippen LogP contribution in [0.5, 0.6) is 11.5 Å². The van der Waals surface area contributed by atoms with E-state index in [2.05, 4.69) is 5.10 Å². The zero-order valence-electron chi connectivity index (χ0n) is 16.3. The van der Waals surface area contributed by atoms with Gasteiger partial charge in [-0.2, -0.15) is 5.10 Å². The quantitative estimate of drug-likeness (QED) is 0.700. The van der Waals surface area contributed by atoms with E-state index in [1.165, 1.54) is 5.56 Å². The van der Waals surface area contributed by atoms with Crippen LogP contribution in [0.2, 0.25) is 0 Å². The van der Waals surface area contributed by atoms with Crippen LogP contribution in [0.25, 0.3) is 11.3 Å². The lowest BCUT2D eigenvalue weighted by Gasteiger charge is -2.29. The molecule has 0 saturated carbocycles. The Morgan fingerprint density at radius 1 is 1.00 bits per heavy atom. The third-order valence-electron chi connectivity index (χ3n) is 5.17. The van der Waals surface area contributed by atoms with Crippen molar-refractivity contribution in [2.75, 3.05) is 20.8 Å². The normalized spacial score (nSPS) is 13.2. The van der Waals surface area contributed by atoms with Crippen LogP contribution in [0.15, 0.2) is 48.5 Å². The summed E-state index contributed by atoms with van der Waals surface area (Å²) in [6.45, 7) is 1.20. The second-order valence-electron chi connectivity index (χ2n) is 6.86. The zero-order valence-corrected chi connectivity index (χ0v) is 16.3. The van der Waals surface area contributed by atoms with Crippen LogP contribution in [-0.2, 0) is 20.0 Å². The van der Waals surface area contributed by atoms with Crippen LogP contribution in [-0.4, -0.2) is 41.4 Å². The molecule has 6 nitrogen and oxygen atoms in total. The Balaban J connectivity index is 1.60. The molecule has 1 amide bonds. The molecule has 3 aromatic rings. The Bertz CT molecular complexity index is 1010. The number of aryl methyl sites for hydroxylation is 1. The maximum atomic E-state index is 13.2. The Kier molecular flexibility index (Phi) is 4.77. The smallest absolute Gasteiger partial charge is 0.272 e. The van der Waals surface area contributed by atoms with E-state index in [4.69, 9.17) is 9.47 Å². The summed E-state index contributed by atoms with van der Waals surface area (Å²) in [4.78, 5) is 15.0. The number of nitrogens with zero attached hydrogens (tertiary/aromatic N) is 3. The molecular weight excluding hydrogens is 354 g/mol. The number of carbonyl (C=O) groups excluding carboxylic acids is 1. The highest BCUT2D eigenvalue weighted by Crippen LogP contribution is 2.33. The Morgan fingerprint density at radius 2 is 1.68 bits per heavy atom. The number of hydrogen-bond acceptors (Lipinski definition) is 4. The molecule has 1 aromatic heterocycles. The molecule has 28 heavy (non-hydrogen) atoms. The van der Waals surface area contributed by atoms with Crippen LogP contribution < -0.4 is 9.47 Å². The van der Waals surface area contributed by atoms with Crippen molar-refractivity contribution in [2.24, 2.45) is 7.05 Å². The second kappa shape index (κ2) is 7.38. The van der Waals surface area contributed by atoms with E-state index < -0.39 is 0 Å². The number of rotatable bonds is 4. The van der Waals surface area contributed by atoms with Crippen molar-refractivity contribution in [3.05, 3.63) is 65.4 Å². The van der Waals surface area contributed by atoms with Crippen molar-refractivity contribution in [2.45, 2.75) is 13.0 Å². The molecule has 2 aromatic carbocycles. The Morgan fingerprint density at radius 3 is 2.36 bits per heavy atom. The van der Waals surface area contributed by atoms with Gasteiger partial charge in [0, 0.05) is 25.7 Å². The molecule has 0 aliphatic carbocycles. The van der Waals surface area contributed by atoms with Crippen molar-refractivity contribution in [1.29, 1.82) is 0 Å². The predicted octanol–water partition coefficient (Wildman–Crippen LogP) is 3.30. The monoisotopic (exact) mass is 377 g/mol. The fourth-order valence-electron chi connectivity index (χ4n) is 3.64. The van der Waals surface area contributed by atoms with E-state index in [1.807, 2.05) is 60.5 Å². The minimum absolute atomic E-state index is 0.0161. The van der Waals surface area contributed by atoms with Gasteiger partial charge in [0.2, 0.25) is 0 Å². The molecule has 1 aliphatic heterocycles. The largest absolute Gasteiger partial charge is 0.493 e. The fraction of sp³-hybridized carbons (Fsp3) is 0.273. The summed E-state index contributed by atoms with van der Waals surface area (Å²) in [5.41, 5.74) is 4.66. The molecule has 1 aliphatic rings. The number of amides is 1. The van der Waals surface area contributed by atoms with Crippen molar-refractivity contribution >= 4 is 5.91 Å². The van der Waals surface area contributed by atoms with Gasteiger partial charge in [0.25, 0.3) is 5.91 Å². The summed E-state index contributed by atoms with van der Waals surface area (Å²) in [7, 11) is 5.07. The summed E-state index contributed by atoms with van der Waals surface area (Å²) in [6, 6.07) is 15.7. The van der Waals surface area contributed by atoms with Crippen LogP contribution in [0.1, 0.15) is 21.6 Å². The summed E-state index contributed by atoms with van der Waals surface area (Å²) < 4.78 is 12.5. The van der Waals surface area contributed by atoms with Gasteiger partial charge in [-0.1, -0.05) is 30.3 Å². The zero-order chi connectivity index (χ0) is 19.7. The van der Waals surface area contributed by atoms with Crippen LogP contribution in [0, 0.1) is 0 Å². The molecule has 0 fully saturated rings. The molecule has 0 N–H and O–H groups in total. The molecule has 0 bridgehead atoms. The van der Waals surface area contributed by atoms with E-state index in [1.54, 1.807) is 18.9 Å². The topological polar surface area (TPSA) is 56.6 Å². The SMILES string of the molecule is COc1cc2c(cc1OC)CN(C(=O)c1cc(-c3ccccc3)nn1C)CC2. The lowest BCUT2D eigenvalue weighted by molar-refractivity contribution is 0.0723. The number of methoxy groups -OCH3 is 2. The van der Waals surface area contributed by atoms with Gasteiger partial charge in [0.05, 0.1) is 19.9 Å². The highest BCUT2D eigenvalue weighted by molar-refractivity contribution is 5.94. The van der Waals surface area contributed by atoms with Gasteiger partial charge in [-0.15, -0.1) is 0 Å². The maximum Gasteiger partial charge on any atom is 0.272 e. The molecule has 4 rings (SSSR count).